The molecule has 1 amide bonds. The summed E-state index contributed by atoms with van der Waals surface area (Å²) >= 11 is 0. The van der Waals surface area contributed by atoms with E-state index in [1.807, 2.05) is 0 Å². The normalized spacial score (nSPS) is 22.9. The number of carbonyl (C=O) groups excluding carboxylic acids is 1. The molecule has 8 heteroatoms. The highest BCUT2D eigenvalue weighted by atomic mass is 35.5. The summed E-state index contributed by atoms with van der Waals surface area (Å²) in [4.78, 5) is 17.2. The molecule has 1 aromatic carbocycles. The van der Waals surface area contributed by atoms with Gasteiger partial charge in [-0.05, 0) is 24.8 Å². The first-order chi connectivity index (χ1) is 12.2. The van der Waals surface area contributed by atoms with Crippen molar-refractivity contribution in [3.63, 3.8) is 0 Å². The van der Waals surface area contributed by atoms with Gasteiger partial charge >= 0.3 is 0 Å². The maximum absolute atomic E-state index is 12.2. The Kier molecular flexibility index (Phi) is 14.1. The van der Waals surface area contributed by atoms with Gasteiger partial charge in [-0.25, -0.2) is 0 Å². The smallest absolute Gasteiger partial charge is 0.223 e. The Morgan fingerprint density at radius 1 is 1.00 bits per heavy atom. The highest BCUT2D eigenvalue weighted by Crippen LogP contribution is 2.23. The molecule has 2 aliphatic rings. The second-order valence-electron chi connectivity index (χ2n) is 7.52. The maximum atomic E-state index is 12.2. The molecule has 3 N–H and O–H groups in total. The zero-order valence-electron chi connectivity index (χ0n) is 16.4. The van der Waals surface area contributed by atoms with Gasteiger partial charge in [-0.1, -0.05) is 36.8 Å². The van der Waals surface area contributed by atoms with Crippen LogP contribution < -0.4 is 11.1 Å². The van der Waals surface area contributed by atoms with E-state index in [0.29, 0.717) is 0 Å². The number of hydrogen-bond donors (Lipinski definition) is 2. The number of nitrogens with one attached hydrogen (secondary N) is 1. The Morgan fingerprint density at radius 2 is 1.64 bits per heavy atom. The number of nitrogens with zero attached hydrogens (tertiary/aromatic N) is 2. The molecule has 1 saturated heterocycles. The zero-order valence-corrected chi connectivity index (χ0v) is 18.9. The van der Waals surface area contributed by atoms with Crippen LogP contribution in [0.3, 0.4) is 0 Å². The van der Waals surface area contributed by atoms with Crippen molar-refractivity contribution in [2.45, 2.75) is 38.3 Å². The predicted molar refractivity (Wildman–Crippen MR) is 123 cm³/mol. The van der Waals surface area contributed by atoms with Crippen LogP contribution in [0.25, 0.3) is 0 Å². The Hall–Kier alpha value is -0.560. The lowest BCUT2D eigenvalue weighted by Crippen LogP contribution is -2.48. The second-order valence-corrected chi connectivity index (χ2v) is 7.52. The number of carbonyl (C=O) groups is 1. The van der Waals surface area contributed by atoms with Crippen LogP contribution in [0.15, 0.2) is 30.3 Å². The first-order valence-corrected chi connectivity index (χ1v) is 9.72. The number of amides is 1. The number of benzene rings is 1. The molecule has 5 nitrogen and oxygen atoms in total. The number of nitrogens with two attached hydrogens (primary N) is 1. The fraction of sp³-hybridized carbons (Fsp3) is 0.650. The van der Waals surface area contributed by atoms with Gasteiger partial charge in [0, 0.05) is 57.8 Å². The zero-order chi connectivity index (χ0) is 17.5. The van der Waals surface area contributed by atoms with Crippen LogP contribution in [0.1, 0.15) is 31.2 Å². The monoisotopic (exact) mass is 452 g/mol. The third-order valence-corrected chi connectivity index (χ3v) is 5.53. The lowest BCUT2D eigenvalue weighted by molar-refractivity contribution is -0.126. The van der Waals surface area contributed by atoms with Crippen LogP contribution >= 0.6 is 37.2 Å². The molecule has 1 heterocycles. The van der Waals surface area contributed by atoms with E-state index in [9.17, 15) is 4.79 Å². The fourth-order valence-electron chi connectivity index (χ4n) is 3.96. The topological polar surface area (TPSA) is 61.6 Å². The molecule has 2 atom stereocenters. The number of piperazine rings is 1. The van der Waals surface area contributed by atoms with Gasteiger partial charge in [0.1, 0.15) is 0 Å². The lowest BCUT2D eigenvalue weighted by atomic mass is 9.85. The van der Waals surface area contributed by atoms with Crippen molar-refractivity contribution in [2.75, 3.05) is 39.3 Å². The quantitative estimate of drug-likeness (QED) is 0.695. The van der Waals surface area contributed by atoms with Crippen LogP contribution in [0.5, 0.6) is 0 Å². The Morgan fingerprint density at radius 3 is 2.29 bits per heavy atom. The van der Waals surface area contributed by atoms with Gasteiger partial charge in [0.2, 0.25) is 5.91 Å². The molecule has 28 heavy (non-hydrogen) atoms. The van der Waals surface area contributed by atoms with Crippen molar-refractivity contribution in [3.8, 4) is 0 Å². The SMILES string of the molecule is Cl.Cl.Cl.NC1CCCC(C(=O)NCCN2CCN(Cc3ccccc3)CC2)C1. The summed E-state index contributed by atoms with van der Waals surface area (Å²) in [6.45, 7) is 7.09. The molecule has 3 rings (SSSR count). The number of halogens is 3. The van der Waals surface area contributed by atoms with Gasteiger partial charge in [-0.3, -0.25) is 14.6 Å². The summed E-state index contributed by atoms with van der Waals surface area (Å²) in [6, 6.07) is 10.9. The van der Waals surface area contributed by atoms with E-state index in [4.69, 9.17) is 5.73 Å². The molecule has 1 saturated carbocycles. The minimum atomic E-state index is 0. The summed E-state index contributed by atoms with van der Waals surface area (Å²) in [5.74, 6) is 0.337. The molecule has 1 aliphatic heterocycles. The van der Waals surface area contributed by atoms with Crippen LogP contribution in [-0.2, 0) is 11.3 Å². The number of rotatable bonds is 6. The van der Waals surface area contributed by atoms with E-state index in [2.05, 4.69) is 45.4 Å². The average Bonchev–Trinajstić information content (AvgIpc) is 2.64. The molecule has 0 spiro atoms. The lowest BCUT2D eigenvalue weighted by Gasteiger charge is -2.35. The minimum absolute atomic E-state index is 0. The van der Waals surface area contributed by atoms with Gasteiger partial charge in [-0.2, -0.15) is 0 Å². The first kappa shape index (κ1) is 27.4. The molecule has 1 aromatic rings. The van der Waals surface area contributed by atoms with Gasteiger partial charge < -0.3 is 11.1 Å². The minimum Gasteiger partial charge on any atom is -0.355 e. The Balaban J connectivity index is 0.00000243. The molecule has 162 valence electrons. The number of hydrogen-bond acceptors (Lipinski definition) is 4. The van der Waals surface area contributed by atoms with E-state index < -0.39 is 0 Å². The molecular formula is C20H35Cl3N4O. The van der Waals surface area contributed by atoms with Crippen molar-refractivity contribution in [1.29, 1.82) is 0 Å². The largest absolute Gasteiger partial charge is 0.355 e. The van der Waals surface area contributed by atoms with Gasteiger partial charge in [0.15, 0.2) is 0 Å². The van der Waals surface area contributed by atoms with E-state index in [-0.39, 0.29) is 55.1 Å². The highest BCUT2D eigenvalue weighted by molar-refractivity contribution is 5.86. The summed E-state index contributed by atoms with van der Waals surface area (Å²) in [5.41, 5.74) is 7.37. The summed E-state index contributed by atoms with van der Waals surface area (Å²) in [5, 5.41) is 3.12. The standard InChI is InChI=1S/C20H32N4O.3ClH/c21-19-8-4-7-18(15-19)20(25)22-9-10-23-11-13-24(14-12-23)16-17-5-2-1-3-6-17;;;/h1-3,5-6,18-19H,4,7-16,21H2,(H,22,25);3*1H. The van der Waals surface area contributed by atoms with Crippen molar-refractivity contribution in [1.82, 2.24) is 15.1 Å². The maximum Gasteiger partial charge on any atom is 0.223 e. The van der Waals surface area contributed by atoms with Crippen molar-refractivity contribution < 1.29 is 4.79 Å². The van der Waals surface area contributed by atoms with Crippen molar-refractivity contribution in [2.24, 2.45) is 11.7 Å². The van der Waals surface area contributed by atoms with Gasteiger partial charge in [-0.15, -0.1) is 37.2 Å². The third kappa shape index (κ3) is 8.85. The van der Waals surface area contributed by atoms with Crippen LogP contribution in [-0.4, -0.2) is 61.0 Å². The predicted octanol–water partition coefficient (Wildman–Crippen LogP) is 2.70. The van der Waals surface area contributed by atoms with Crippen molar-refractivity contribution in [3.05, 3.63) is 35.9 Å². The van der Waals surface area contributed by atoms with Gasteiger partial charge in [0.25, 0.3) is 0 Å². The summed E-state index contributed by atoms with van der Waals surface area (Å²) < 4.78 is 0. The molecule has 1 aliphatic carbocycles. The molecule has 0 radical (unpaired) electrons. The molecule has 2 unspecified atom stereocenters. The van der Waals surface area contributed by atoms with E-state index >= 15 is 0 Å². The van der Waals surface area contributed by atoms with Crippen LogP contribution in [0.2, 0.25) is 0 Å². The Labute approximate surface area is 188 Å². The van der Waals surface area contributed by atoms with E-state index in [0.717, 1.165) is 71.5 Å². The van der Waals surface area contributed by atoms with Crippen LogP contribution in [0, 0.1) is 5.92 Å². The van der Waals surface area contributed by atoms with Crippen molar-refractivity contribution >= 4 is 43.1 Å². The Bertz CT molecular complexity index is 542. The average molecular weight is 454 g/mol. The van der Waals surface area contributed by atoms with E-state index in [1.165, 1.54) is 5.56 Å². The van der Waals surface area contributed by atoms with Gasteiger partial charge in [0.05, 0.1) is 0 Å². The summed E-state index contributed by atoms with van der Waals surface area (Å²) in [6.07, 6.45) is 4.00. The van der Waals surface area contributed by atoms with E-state index in [1.54, 1.807) is 0 Å². The third-order valence-electron chi connectivity index (χ3n) is 5.53. The highest BCUT2D eigenvalue weighted by Gasteiger charge is 2.25. The summed E-state index contributed by atoms with van der Waals surface area (Å²) in [7, 11) is 0. The second kappa shape index (κ2) is 14.4. The molecule has 0 aromatic heterocycles. The molecule has 0 bridgehead atoms. The molecule has 2 fully saturated rings. The fourth-order valence-corrected chi connectivity index (χ4v) is 3.96. The molecular weight excluding hydrogens is 419 g/mol. The van der Waals surface area contributed by atoms with Crippen LogP contribution in [0.4, 0.5) is 0 Å². The first-order valence-electron chi connectivity index (χ1n) is 9.72.